The van der Waals surface area contributed by atoms with Gasteiger partial charge in [0.05, 0.1) is 35.6 Å². The van der Waals surface area contributed by atoms with E-state index in [2.05, 4.69) is 21.1 Å². The average Bonchev–Trinajstić information content (AvgIpc) is 3.14. The van der Waals surface area contributed by atoms with Crippen molar-refractivity contribution in [3.05, 3.63) is 82.5 Å². The van der Waals surface area contributed by atoms with Gasteiger partial charge in [-0.25, -0.2) is 4.98 Å². The highest BCUT2D eigenvalue weighted by Crippen LogP contribution is 2.23. The molecule has 0 bridgehead atoms. The van der Waals surface area contributed by atoms with Crippen molar-refractivity contribution in [2.24, 2.45) is 0 Å². The Balaban J connectivity index is 1.73. The van der Waals surface area contributed by atoms with Crippen molar-refractivity contribution >= 4 is 23.1 Å². The summed E-state index contributed by atoms with van der Waals surface area (Å²) >= 11 is 0. The highest BCUT2D eigenvalue weighted by atomic mass is 16.1. The second kappa shape index (κ2) is 7.72. The molecule has 2 heterocycles. The number of nitrogens with zero attached hydrogens (tertiary/aromatic N) is 4. The number of aryl methyl sites for hydroxylation is 1. The second-order valence-corrected chi connectivity index (χ2v) is 6.27. The molecule has 0 saturated heterocycles. The molecule has 6 heteroatoms. The molecule has 6 nitrogen and oxygen atoms in total. The van der Waals surface area contributed by atoms with E-state index in [0.717, 1.165) is 16.8 Å². The molecule has 0 amide bonds. The van der Waals surface area contributed by atoms with Crippen molar-refractivity contribution in [2.75, 3.05) is 0 Å². The van der Waals surface area contributed by atoms with Gasteiger partial charge in [0.25, 0.3) is 5.56 Å². The monoisotopic (exact) mass is 367 g/mol. The number of hydrogen-bond acceptors (Lipinski definition) is 4. The predicted octanol–water partition coefficient (Wildman–Crippen LogP) is 3.87. The highest BCUT2D eigenvalue weighted by molar-refractivity contribution is 5.80. The zero-order chi connectivity index (χ0) is 19.3. The van der Waals surface area contributed by atoms with Crippen LogP contribution in [0.15, 0.2) is 65.6 Å². The first kappa shape index (κ1) is 17.4. The summed E-state index contributed by atoms with van der Waals surface area (Å²) in [6.07, 6.45) is 5.94. The molecule has 0 aliphatic heterocycles. The van der Waals surface area contributed by atoms with E-state index < -0.39 is 0 Å². The summed E-state index contributed by atoms with van der Waals surface area (Å²) in [6.45, 7) is 0.523. The molecule has 0 atom stereocenters. The molecule has 0 spiro atoms. The van der Waals surface area contributed by atoms with Crippen LogP contribution in [0, 0.1) is 11.3 Å². The van der Waals surface area contributed by atoms with Crippen LogP contribution in [-0.4, -0.2) is 19.7 Å². The van der Waals surface area contributed by atoms with Crippen molar-refractivity contribution < 1.29 is 0 Å². The number of rotatable bonds is 5. The number of para-hydroxylation sites is 1. The van der Waals surface area contributed by atoms with Gasteiger partial charge >= 0.3 is 0 Å². The van der Waals surface area contributed by atoms with Crippen LogP contribution in [-0.2, 0) is 6.54 Å². The van der Waals surface area contributed by atoms with Crippen molar-refractivity contribution in [2.45, 2.75) is 13.0 Å². The molecular weight excluding hydrogens is 350 g/mol. The molecule has 0 aliphatic carbocycles. The molecule has 0 saturated carbocycles. The lowest BCUT2D eigenvalue weighted by molar-refractivity contribution is 0.629. The number of nitriles is 1. The molecule has 2 aromatic carbocycles. The molecule has 0 radical (unpaired) electrons. The van der Waals surface area contributed by atoms with Gasteiger partial charge in [-0.2, -0.15) is 10.4 Å². The smallest absolute Gasteiger partial charge is 0.259 e. The first-order valence-electron chi connectivity index (χ1n) is 8.91. The Bertz CT molecular complexity index is 1250. The maximum Gasteiger partial charge on any atom is 0.259 e. The summed E-state index contributed by atoms with van der Waals surface area (Å²) in [4.78, 5) is 19.5. The van der Waals surface area contributed by atoms with Crippen LogP contribution in [0.5, 0.6) is 0 Å². The number of benzene rings is 2. The van der Waals surface area contributed by atoms with Crippen LogP contribution in [0.3, 0.4) is 0 Å². The quantitative estimate of drug-likeness (QED) is 0.580. The lowest BCUT2D eigenvalue weighted by Crippen LogP contribution is -2.09. The Hall–Kier alpha value is -3.98. The number of H-pyrrole nitrogens is 1. The third kappa shape index (κ3) is 3.60. The van der Waals surface area contributed by atoms with E-state index in [-0.39, 0.29) is 5.56 Å². The Labute approximate surface area is 161 Å². The van der Waals surface area contributed by atoms with Gasteiger partial charge in [0.1, 0.15) is 5.82 Å². The van der Waals surface area contributed by atoms with Crippen molar-refractivity contribution in [1.82, 2.24) is 19.7 Å². The fraction of sp³-hybridized carbons (Fsp3) is 0.0909. The minimum absolute atomic E-state index is 0.168. The third-order valence-electron chi connectivity index (χ3n) is 4.34. The maximum absolute atomic E-state index is 12.2. The van der Waals surface area contributed by atoms with Gasteiger partial charge in [0.2, 0.25) is 0 Å². The summed E-state index contributed by atoms with van der Waals surface area (Å²) in [6, 6.07) is 19.2. The average molecular weight is 367 g/mol. The van der Waals surface area contributed by atoms with Gasteiger partial charge in [-0.15, -0.1) is 0 Å². The van der Waals surface area contributed by atoms with E-state index in [1.54, 1.807) is 16.8 Å². The molecule has 0 unspecified atom stereocenters. The van der Waals surface area contributed by atoms with Gasteiger partial charge in [-0.05, 0) is 24.3 Å². The summed E-state index contributed by atoms with van der Waals surface area (Å²) in [7, 11) is 0. The van der Waals surface area contributed by atoms with Gasteiger partial charge in [0, 0.05) is 17.3 Å². The Morgan fingerprint density at radius 1 is 1.07 bits per heavy atom. The van der Waals surface area contributed by atoms with Crippen molar-refractivity contribution in [3.63, 3.8) is 0 Å². The minimum atomic E-state index is -0.168. The number of hydrogen-bond donors (Lipinski definition) is 1. The van der Waals surface area contributed by atoms with Gasteiger partial charge in [-0.1, -0.05) is 42.5 Å². The number of aromatic amines is 1. The maximum atomic E-state index is 12.2. The van der Waals surface area contributed by atoms with Crippen LogP contribution in [0.25, 0.3) is 34.3 Å². The number of nitrogens with one attached hydrogen (secondary N) is 1. The molecule has 136 valence electrons. The first-order valence-corrected chi connectivity index (χ1v) is 8.91. The van der Waals surface area contributed by atoms with Crippen LogP contribution in [0.4, 0.5) is 0 Å². The molecule has 0 fully saturated rings. The summed E-state index contributed by atoms with van der Waals surface area (Å²) < 4.78 is 1.77. The van der Waals surface area contributed by atoms with E-state index in [1.165, 1.54) is 0 Å². The fourth-order valence-corrected chi connectivity index (χ4v) is 3.01. The number of aromatic nitrogens is 4. The normalized spacial score (nSPS) is 11.1. The molecule has 2 aromatic heterocycles. The van der Waals surface area contributed by atoms with E-state index in [0.29, 0.717) is 29.7 Å². The van der Waals surface area contributed by atoms with Crippen LogP contribution < -0.4 is 5.56 Å². The van der Waals surface area contributed by atoms with E-state index >= 15 is 0 Å². The largest absolute Gasteiger partial charge is 0.306 e. The highest BCUT2D eigenvalue weighted by Gasteiger charge is 2.09. The van der Waals surface area contributed by atoms with Gasteiger partial charge in [-0.3, -0.25) is 9.48 Å². The topological polar surface area (TPSA) is 87.4 Å². The third-order valence-corrected chi connectivity index (χ3v) is 4.34. The predicted molar refractivity (Wildman–Crippen MR) is 109 cm³/mol. The molecule has 4 rings (SSSR count). The van der Waals surface area contributed by atoms with Gasteiger partial charge < -0.3 is 4.98 Å². The standard InChI is InChI=1S/C22H17N5O/c23-13-6-14-27-15-17(21(26-27)16-7-2-1-3-8-16)11-12-20-24-19-10-5-4-9-18(19)22(28)25-20/h1-5,7-12,15H,6,14H2,(H,24,25,28). The first-order chi connectivity index (χ1) is 13.7. The van der Waals surface area contributed by atoms with Crippen LogP contribution in [0.2, 0.25) is 0 Å². The lowest BCUT2D eigenvalue weighted by Gasteiger charge is -1.99. The molecular formula is C22H17N5O. The zero-order valence-corrected chi connectivity index (χ0v) is 15.0. The van der Waals surface area contributed by atoms with Gasteiger partial charge in [0.15, 0.2) is 0 Å². The minimum Gasteiger partial charge on any atom is -0.306 e. The summed E-state index contributed by atoms with van der Waals surface area (Å²) in [5, 5.41) is 14.0. The van der Waals surface area contributed by atoms with E-state index in [4.69, 9.17) is 5.26 Å². The number of fused-ring (bicyclic) bond motifs is 1. The summed E-state index contributed by atoms with van der Waals surface area (Å²) in [5.41, 5.74) is 3.17. The SMILES string of the molecule is N#CCCn1cc(C=Cc2nc3ccccc3c(=O)[nH]2)c(-c2ccccc2)n1. The molecule has 4 aromatic rings. The van der Waals surface area contributed by atoms with E-state index in [1.807, 2.05) is 60.8 Å². The molecule has 0 aliphatic rings. The Morgan fingerprint density at radius 2 is 1.86 bits per heavy atom. The fourth-order valence-electron chi connectivity index (χ4n) is 3.01. The van der Waals surface area contributed by atoms with Crippen molar-refractivity contribution in [3.8, 4) is 17.3 Å². The molecule has 1 N–H and O–H groups in total. The van der Waals surface area contributed by atoms with Crippen LogP contribution >= 0.6 is 0 Å². The molecule has 28 heavy (non-hydrogen) atoms. The van der Waals surface area contributed by atoms with Crippen molar-refractivity contribution in [1.29, 1.82) is 5.26 Å². The van der Waals surface area contributed by atoms with Crippen LogP contribution in [0.1, 0.15) is 17.8 Å². The Morgan fingerprint density at radius 3 is 2.68 bits per heavy atom. The Kier molecular flexibility index (Phi) is 4.81. The second-order valence-electron chi connectivity index (χ2n) is 6.27. The lowest BCUT2D eigenvalue weighted by atomic mass is 10.1. The summed E-state index contributed by atoms with van der Waals surface area (Å²) in [5.74, 6) is 0.479. The zero-order valence-electron chi connectivity index (χ0n) is 15.0. The van der Waals surface area contributed by atoms with E-state index in [9.17, 15) is 4.79 Å².